The fourth-order valence-corrected chi connectivity index (χ4v) is 2.79. The summed E-state index contributed by atoms with van der Waals surface area (Å²) < 4.78 is 0. The molecule has 0 bridgehead atoms. The molecular weight excluding hydrogens is 318 g/mol. The van der Waals surface area contributed by atoms with Crippen molar-refractivity contribution in [1.82, 2.24) is 4.90 Å². The van der Waals surface area contributed by atoms with E-state index in [-0.39, 0.29) is 17.7 Å². The van der Waals surface area contributed by atoms with Gasteiger partial charge in [0.1, 0.15) is 0 Å². The average Bonchev–Trinajstić information content (AvgIpc) is 3.00. The molecule has 6 nitrogen and oxygen atoms in total. The fourth-order valence-electron chi connectivity index (χ4n) is 2.79. The number of carbonyl (C=O) groups excluding carboxylic acids is 3. The van der Waals surface area contributed by atoms with Crippen LogP contribution < -0.4 is 10.6 Å². The largest absolute Gasteiger partial charge is 0.343 e. The van der Waals surface area contributed by atoms with Gasteiger partial charge >= 0.3 is 0 Å². The van der Waals surface area contributed by atoms with Crippen LogP contribution in [-0.4, -0.2) is 35.7 Å². The van der Waals surface area contributed by atoms with Crippen LogP contribution in [0, 0.1) is 0 Å². The molecule has 0 saturated carbocycles. The molecule has 0 unspecified atom stereocenters. The molecule has 0 aromatic heterocycles. The Morgan fingerprint density at radius 1 is 1.00 bits per heavy atom. The van der Waals surface area contributed by atoms with Crippen LogP contribution in [-0.2, 0) is 14.4 Å². The Bertz CT molecular complexity index is 598. The van der Waals surface area contributed by atoms with Crippen LogP contribution in [0.5, 0.6) is 0 Å². The van der Waals surface area contributed by atoms with Crippen molar-refractivity contribution in [1.29, 1.82) is 0 Å². The number of nitrogens with one attached hydrogen (secondary N) is 2. The lowest BCUT2D eigenvalue weighted by Crippen LogP contribution is -2.26. The predicted molar refractivity (Wildman–Crippen MR) is 98.3 cm³/mol. The van der Waals surface area contributed by atoms with Crippen molar-refractivity contribution in [3.05, 3.63) is 24.3 Å². The Hall–Kier alpha value is -2.37. The molecule has 0 radical (unpaired) electrons. The molecule has 1 fully saturated rings. The van der Waals surface area contributed by atoms with Gasteiger partial charge in [0, 0.05) is 43.7 Å². The summed E-state index contributed by atoms with van der Waals surface area (Å²) in [5.74, 6) is 0.137. The quantitative estimate of drug-likeness (QED) is 0.721. The van der Waals surface area contributed by atoms with Crippen LogP contribution in [0.1, 0.15) is 51.9 Å². The number of anilines is 2. The first-order valence-electron chi connectivity index (χ1n) is 9.06. The monoisotopic (exact) mass is 345 g/mol. The maximum atomic E-state index is 12.0. The highest BCUT2D eigenvalue weighted by Crippen LogP contribution is 2.15. The Balaban J connectivity index is 1.70. The third-order valence-electron chi connectivity index (χ3n) is 4.21. The first kappa shape index (κ1) is 19.0. The molecule has 136 valence electrons. The summed E-state index contributed by atoms with van der Waals surface area (Å²) in [5, 5.41) is 5.68. The number of hydrogen-bond donors (Lipinski definition) is 2. The van der Waals surface area contributed by atoms with E-state index in [1.165, 1.54) is 0 Å². The molecule has 1 aromatic carbocycles. The number of nitrogens with zero attached hydrogens (tertiary/aromatic N) is 1. The van der Waals surface area contributed by atoms with E-state index in [2.05, 4.69) is 10.6 Å². The Morgan fingerprint density at radius 3 is 2.04 bits per heavy atom. The summed E-state index contributed by atoms with van der Waals surface area (Å²) in [5.41, 5.74) is 1.43. The predicted octanol–water partition coefficient (Wildman–Crippen LogP) is 3.16. The van der Waals surface area contributed by atoms with E-state index in [9.17, 15) is 14.4 Å². The molecule has 1 heterocycles. The lowest BCUT2D eigenvalue weighted by Gasteiger charge is -2.14. The number of likely N-dealkylation sites (tertiary alicyclic amines) is 1. The average molecular weight is 345 g/mol. The van der Waals surface area contributed by atoms with E-state index in [1.54, 1.807) is 24.3 Å². The lowest BCUT2D eigenvalue weighted by molar-refractivity contribution is -0.128. The van der Waals surface area contributed by atoms with Crippen molar-refractivity contribution in [3.8, 4) is 0 Å². The molecule has 0 spiro atoms. The summed E-state index contributed by atoms with van der Waals surface area (Å²) in [6.45, 7) is 3.51. The van der Waals surface area contributed by atoms with E-state index in [4.69, 9.17) is 0 Å². The Kier molecular flexibility index (Phi) is 7.44. The minimum absolute atomic E-state index is 0.00935. The summed E-state index contributed by atoms with van der Waals surface area (Å²) in [6.07, 6.45) is 5.00. The molecule has 0 atom stereocenters. The number of benzene rings is 1. The van der Waals surface area contributed by atoms with Gasteiger partial charge in [-0.25, -0.2) is 0 Å². The molecular formula is C19H27N3O3. The van der Waals surface area contributed by atoms with Crippen LogP contribution >= 0.6 is 0 Å². The van der Waals surface area contributed by atoms with Crippen LogP contribution in [0.3, 0.4) is 0 Å². The van der Waals surface area contributed by atoms with E-state index < -0.39 is 0 Å². The molecule has 1 aromatic rings. The molecule has 3 amide bonds. The highest BCUT2D eigenvalue weighted by atomic mass is 16.2. The molecule has 2 rings (SSSR count). The normalized spacial score (nSPS) is 13.8. The molecule has 25 heavy (non-hydrogen) atoms. The summed E-state index contributed by atoms with van der Waals surface area (Å²) in [6, 6.07) is 7.11. The molecule has 2 N–H and O–H groups in total. The van der Waals surface area contributed by atoms with Crippen molar-refractivity contribution < 1.29 is 14.4 Å². The van der Waals surface area contributed by atoms with Gasteiger partial charge < -0.3 is 15.5 Å². The molecule has 1 aliphatic heterocycles. The lowest BCUT2D eigenvalue weighted by atomic mass is 10.2. The number of carbonyl (C=O) groups is 3. The third-order valence-corrected chi connectivity index (χ3v) is 4.21. The molecule has 6 heteroatoms. The van der Waals surface area contributed by atoms with Gasteiger partial charge in [-0.2, -0.15) is 0 Å². The number of hydrogen-bond acceptors (Lipinski definition) is 3. The van der Waals surface area contributed by atoms with Crippen molar-refractivity contribution in [2.24, 2.45) is 0 Å². The van der Waals surface area contributed by atoms with Crippen molar-refractivity contribution in [2.75, 3.05) is 23.7 Å². The minimum atomic E-state index is -0.0635. The van der Waals surface area contributed by atoms with Gasteiger partial charge in [0.2, 0.25) is 17.7 Å². The van der Waals surface area contributed by atoms with E-state index in [0.29, 0.717) is 37.9 Å². The van der Waals surface area contributed by atoms with Gasteiger partial charge in [0.05, 0.1) is 0 Å². The second kappa shape index (κ2) is 9.81. The first-order chi connectivity index (χ1) is 12.1. The number of amides is 3. The summed E-state index contributed by atoms with van der Waals surface area (Å²) >= 11 is 0. The van der Waals surface area contributed by atoms with Crippen LogP contribution in [0.2, 0.25) is 0 Å². The van der Waals surface area contributed by atoms with Crippen LogP contribution in [0.4, 0.5) is 11.4 Å². The number of unbranched alkanes of at least 4 members (excludes halogenated alkanes) is 1. The Morgan fingerprint density at radius 2 is 1.56 bits per heavy atom. The van der Waals surface area contributed by atoms with E-state index >= 15 is 0 Å². The third kappa shape index (κ3) is 6.57. The van der Waals surface area contributed by atoms with Crippen LogP contribution in [0.15, 0.2) is 24.3 Å². The molecule has 1 saturated heterocycles. The first-order valence-corrected chi connectivity index (χ1v) is 9.06. The van der Waals surface area contributed by atoms with Crippen molar-refractivity contribution in [3.63, 3.8) is 0 Å². The summed E-state index contributed by atoms with van der Waals surface area (Å²) in [7, 11) is 0. The molecule has 0 aliphatic carbocycles. The van der Waals surface area contributed by atoms with Crippen molar-refractivity contribution >= 4 is 29.1 Å². The summed E-state index contributed by atoms with van der Waals surface area (Å²) in [4.78, 5) is 37.0. The van der Waals surface area contributed by atoms with Gasteiger partial charge in [-0.05, 0) is 43.5 Å². The number of rotatable bonds is 9. The maximum absolute atomic E-state index is 12.0. The zero-order valence-corrected chi connectivity index (χ0v) is 14.8. The zero-order chi connectivity index (χ0) is 18.1. The second-order valence-corrected chi connectivity index (χ2v) is 6.37. The maximum Gasteiger partial charge on any atom is 0.224 e. The zero-order valence-electron chi connectivity index (χ0n) is 14.8. The highest BCUT2D eigenvalue weighted by molar-refractivity contribution is 5.92. The van der Waals surface area contributed by atoms with Gasteiger partial charge in [-0.3, -0.25) is 14.4 Å². The Labute approximate surface area is 149 Å². The van der Waals surface area contributed by atoms with Crippen LogP contribution in [0.25, 0.3) is 0 Å². The second-order valence-electron chi connectivity index (χ2n) is 6.37. The smallest absolute Gasteiger partial charge is 0.224 e. The van der Waals surface area contributed by atoms with Gasteiger partial charge in [-0.1, -0.05) is 13.3 Å². The van der Waals surface area contributed by atoms with Gasteiger partial charge in [-0.15, -0.1) is 0 Å². The van der Waals surface area contributed by atoms with Gasteiger partial charge in [0.15, 0.2) is 0 Å². The minimum Gasteiger partial charge on any atom is -0.343 e. The van der Waals surface area contributed by atoms with E-state index in [0.717, 1.165) is 31.5 Å². The topological polar surface area (TPSA) is 78.5 Å². The van der Waals surface area contributed by atoms with Crippen molar-refractivity contribution in [2.45, 2.75) is 51.9 Å². The highest BCUT2D eigenvalue weighted by Gasteiger charge is 2.19. The standard InChI is InChI=1S/C19H27N3O3/c1-2-3-6-17(23)20-15-9-11-16(12-10-15)21-18(24)7-4-13-22-14-5-8-19(22)25/h9-12H,2-8,13-14H2,1H3,(H,20,23)(H,21,24). The fraction of sp³-hybridized carbons (Fsp3) is 0.526. The van der Waals surface area contributed by atoms with Gasteiger partial charge in [0.25, 0.3) is 0 Å². The molecule has 1 aliphatic rings. The SMILES string of the molecule is CCCCC(=O)Nc1ccc(NC(=O)CCCN2CCCC2=O)cc1. The van der Waals surface area contributed by atoms with E-state index in [1.807, 2.05) is 11.8 Å².